The SMILES string of the molecule is NCC1CCCCN1CC(=O)N1CCOC1=O. The highest BCUT2D eigenvalue weighted by Crippen LogP contribution is 2.16. The van der Waals surface area contributed by atoms with Crippen LogP contribution in [-0.4, -0.2) is 60.6 Å². The number of hydrogen-bond acceptors (Lipinski definition) is 5. The first-order chi connectivity index (χ1) is 8.22. The smallest absolute Gasteiger partial charge is 0.416 e. The Bertz CT molecular complexity index is 308. The molecule has 0 aromatic heterocycles. The summed E-state index contributed by atoms with van der Waals surface area (Å²) in [6, 6.07) is 0.270. The summed E-state index contributed by atoms with van der Waals surface area (Å²) in [5, 5.41) is 0. The number of cyclic esters (lactones) is 1. The van der Waals surface area contributed by atoms with Crippen LogP contribution in [0.2, 0.25) is 0 Å². The summed E-state index contributed by atoms with van der Waals surface area (Å²) in [6.07, 6.45) is 2.78. The van der Waals surface area contributed by atoms with Crippen LogP contribution in [0.3, 0.4) is 0 Å². The second-order valence-electron chi connectivity index (χ2n) is 4.52. The average Bonchev–Trinajstić information content (AvgIpc) is 2.76. The van der Waals surface area contributed by atoms with Crippen LogP contribution in [0.25, 0.3) is 0 Å². The predicted octanol–water partition coefficient (Wildman–Crippen LogP) is -0.222. The molecule has 2 N–H and O–H groups in total. The monoisotopic (exact) mass is 241 g/mol. The molecule has 0 aromatic rings. The first-order valence-electron chi connectivity index (χ1n) is 6.13. The number of hydrogen-bond donors (Lipinski definition) is 1. The highest BCUT2D eigenvalue weighted by molar-refractivity contribution is 5.94. The van der Waals surface area contributed by atoms with Gasteiger partial charge in [0.2, 0.25) is 5.91 Å². The summed E-state index contributed by atoms with van der Waals surface area (Å²) in [4.78, 5) is 26.4. The molecular formula is C11H19N3O3. The largest absolute Gasteiger partial charge is 0.447 e. The molecule has 0 radical (unpaired) electrons. The van der Waals surface area contributed by atoms with E-state index in [9.17, 15) is 9.59 Å². The van der Waals surface area contributed by atoms with Gasteiger partial charge in [0, 0.05) is 12.6 Å². The van der Waals surface area contributed by atoms with Gasteiger partial charge in [0.1, 0.15) is 6.61 Å². The number of carbonyl (C=O) groups excluding carboxylic acids is 2. The number of carbonyl (C=O) groups is 2. The Morgan fingerprint density at radius 1 is 1.41 bits per heavy atom. The van der Waals surface area contributed by atoms with Crippen molar-refractivity contribution in [1.29, 1.82) is 0 Å². The summed E-state index contributed by atoms with van der Waals surface area (Å²) >= 11 is 0. The van der Waals surface area contributed by atoms with E-state index in [0.29, 0.717) is 19.7 Å². The van der Waals surface area contributed by atoms with E-state index >= 15 is 0 Å². The maximum absolute atomic E-state index is 11.9. The van der Waals surface area contributed by atoms with Crippen molar-refractivity contribution in [3.8, 4) is 0 Å². The van der Waals surface area contributed by atoms with Crippen LogP contribution < -0.4 is 5.73 Å². The van der Waals surface area contributed by atoms with E-state index in [1.54, 1.807) is 0 Å². The fourth-order valence-electron chi connectivity index (χ4n) is 2.41. The van der Waals surface area contributed by atoms with Crippen molar-refractivity contribution in [3.63, 3.8) is 0 Å². The van der Waals surface area contributed by atoms with Crippen LogP contribution in [-0.2, 0) is 9.53 Å². The number of nitrogens with two attached hydrogens (primary N) is 1. The molecule has 1 atom stereocenters. The van der Waals surface area contributed by atoms with Crippen molar-refractivity contribution in [3.05, 3.63) is 0 Å². The molecule has 2 aliphatic heterocycles. The molecule has 17 heavy (non-hydrogen) atoms. The first kappa shape index (κ1) is 12.3. The zero-order valence-electron chi connectivity index (χ0n) is 9.93. The molecule has 0 aromatic carbocycles. The maximum Gasteiger partial charge on any atom is 0.416 e. The van der Waals surface area contributed by atoms with Gasteiger partial charge in [-0.05, 0) is 19.4 Å². The van der Waals surface area contributed by atoms with Gasteiger partial charge >= 0.3 is 6.09 Å². The summed E-state index contributed by atoms with van der Waals surface area (Å²) < 4.78 is 4.75. The maximum atomic E-state index is 11.9. The van der Waals surface area contributed by atoms with Gasteiger partial charge in [-0.25, -0.2) is 9.69 Å². The molecule has 6 nitrogen and oxygen atoms in total. The van der Waals surface area contributed by atoms with E-state index in [1.807, 2.05) is 0 Å². The zero-order valence-corrected chi connectivity index (χ0v) is 9.93. The van der Waals surface area contributed by atoms with E-state index in [4.69, 9.17) is 10.5 Å². The second-order valence-corrected chi connectivity index (χ2v) is 4.52. The normalized spacial score (nSPS) is 26.1. The topological polar surface area (TPSA) is 75.9 Å². The lowest BCUT2D eigenvalue weighted by molar-refractivity contribution is -0.129. The number of likely N-dealkylation sites (tertiary alicyclic amines) is 1. The fourth-order valence-corrected chi connectivity index (χ4v) is 2.41. The molecule has 2 rings (SSSR count). The minimum Gasteiger partial charge on any atom is -0.447 e. The third-order valence-corrected chi connectivity index (χ3v) is 3.42. The summed E-state index contributed by atoms with van der Waals surface area (Å²) in [5.74, 6) is -0.173. The van der Waals surface area contributed by atoms with Crippen LogP contribution in [0.5, 0.6) is 0 Å². The summed E-state index contributed by atoms with van der Waals surface area (Å²) in [5.41, 5.74) is 5.69. The molecule has 6 heteroatoms. The van der Waals surface area contributed by atoms with Gasteiger partial charge in [-0.2, -0.15) is 0 Å². The highest BCUT2D eigenvalue weighted by atomic mass is 16.6. The molecule has 96 valence electrons. The van der Waals surface area contributed by atoms with Crippen LogP contribution in [0.15, 0.2) is 0 Å². The number of imide groups is 1. The fraction of sp³-hybridized carbons (Fsp3) is 0.818. The molecular weight excluding hydrogens is 222 g/mol. The minimum atomic E-state index is -0.517. The van der Waals surface area contributed by atoms with Crippen molar-refractivity contribution in [1.82, 2.24) is 9.80 Å². The van der Waals surface area contributed by atoms with Gasteiger partial charge in [-0.15, -0.1) is 0 Å². The third-order valence-electron chi connectivity index (χ3n) is 3.42. The Morgan fingerprint density at radius 3 is 2.88 bits per heavy atom. The molecule has 0 aliphatic carbocycles. The summed E-state index contributed by atoms with van der Waals surface area (Å²) in [7, 11) is 0. The van der Waals surface area contributed by atoms with Crippen molar-refractivity contribution in [2.75, 3.05) is 32.8 Å². The Kier molecular flexibility index (Phi) is 3.96. The molecule has 2 heterocycles. The van der Waals surface area contributed by atoms with Crippen LogP contribution >= 0.6 is 0 Å². The lowest BCUT2D eigenvalue weighted by Crippen LogP contribution is -2.49. The van der Waals surface area contributed by atoms with E-state index in [0.717, 1.165) is 25.8 Å². The number of ether oxygens (including phenoxy) is 1. The van der Waals surface area contributed by atoms with E-state index in [-0.39, 0.29) is 18.5 Å². The Morgan fingerprint density at radius 2 is 2.24 bits per heavy atom. The van der Waals surface area contributed by atoms with Gasteiger partial charge in [0.05, 0.1) is 13.1 Å². The molecule has 2 fully saturated rings. The van der Waals surface area contributed by atoms with Crippen molar-refractivity contribution in [2.24, 2.45) is 5.73 Å². The van der Waals surface area contributed by atoms with Crippen LogP contribution in [0.1, 0.15) is 19.3 Å². The number of nitrogens with zero attached hydrogens (tertiary/aromatic N) is 2. The van der Waals surface area contributed by atoms with Crippen molar-refractivity contribution >= 4 is 12.0 Å². The van der Waals surface area contributed by atoms with E-state index in [2.05, 4.69) is 4.90 Å². The lowest BCUT2D eigenvalue weighted by Gasteiger charge is -2.34. The van der Waals surface area contributed by atoms with Gasteiger partial charge < -0.3 is 10.5 Å². The molecule has 0 saturated carbocycles. The van der Waals surface area contributed by atoms with Crippen LogP contribution in [0, 0.1) is 0 Å². The summed E-state index contributed by atoms with van der Waals surface area (Å²) in [6.45, 7) is 2.41. The Balaban J connectivity index is 1.90. The average molecular weight is 241 g/mol. The lowest BCUT2D eigenvalue weighted by atomic mass is 10.0. The number of piperidine rings is 1. The molecule has 2 amide bonds. The van der Waals surface area contributed by atoms with Crippen LogP contribution in [0.4, 0.5) is 4.79 Å². The van der Waals surface area contributed by atoms with Crippen molar-refractivity contribution in [2.45, 2.75) is 25.3 Å². The molecule has 1 unspecified atom stereocenters. The van der Waals surface area contributed by atoms with E-state index < -0.39 is 6.09 Å². The Hall–Kier alpha value is -1.14. The molecule has 0 bridgehead atoms. The zero-order chi connectivity index (χ0) is 12.3. The van der Waals surface area contributed by atoms with Gasteiger partial charge in [-0.3, -0.25) is 9.69 Å². The van der Waals surface area contributed by atoms with Gasteiger partial charge in [0.25, 0.3) is 0 Å². The number of rotatable bonds is 3. The van der Waals surface area contributed by atoms with Gasteiger partial charge in [-0.1, -0.05) is 6.42 Å². The quantitative estimate of drug-likeness (QED) is 0.739. The first-order valence-corrected chi connectivity index (χ1v) is 6.13. The van der Waals surface area contributed by atoms with Gasteiger partial charge in [0.15, 0.2) is 0 Å². The highest BCUT2D eigenvalue weighted by Gasteiger charge is 2.31. The van der Waals surface area contributed by atoms with Crippen molar-refractivity contribution < 1.29 is 14.3 Å². The molecule has 2 saturated heterocycles. The minimum absolute atomic E-state index is 0.173. The standard InChI is InChI=1S/C11H19N3O3/c12-7-9-3-1-2-4-13(9)8-10(15)14-5-6-17-11(14)16/h9H,1-8,12H2. The van der Waals surface area contributed by atoms with E-state index in [1.165, 1.54) is 4.90 Å². The predicted molar refractivity (Wildman–Crippen MR) is 61.3 cm³/mol. The molecule has 2 aliphatic rings. The third kappa shape index (κ3) is 2.76. The second kappa shape index (κ2) is 5.46. The number of amides is 2. The Labute approximate surface area is 101 Å². The molecule has 0 spiro atoms.